The third kappa shape index (κ3) is 4.25. The van der Waals surface area contributed by atoms with Crippen LogP contribution in [0.1, 0.15) is 32.6 Å². The highest BCUT2D eigenvalue weighted by Gasteiger charge is 2.48. The van der Waals surface area contributed by atoms with E-state index in [2.05, 4.69) is 10.8 Å². The number of nitrogens with zero attached hydrogens (tertiary/aromatic N) is 2. The fraction of sp³-hybridized carbons (Fsp3) is 0.812. The number of amides is 3. The van der Waals surface area contributed by atoms with Gasteiger partial charge < -0.3 is 15.0 Å². The van der Waals surface area contributed by atoms with Gasteiger partial charge in [-0.05, 0) is 39.2 Å². The number of hydroxylamine groups is 3. The second kappa shape index (κ2) is 8.65. The van der Waals surface area contributed by atoms with E-state index >= 15 is 0 Å². The molecule has 3 rings (SSSR count). The average molecular weight is 370 g/mol. The Labute approximate surface area is 152 Å². The lowest BCUT2D eigenvalue weighted by molar-refractivity contribution is -0.172. The van der Waals surface area contributed by atoms with Crippen LogP contribution in [-0.2, 0) is 24.0 Å². The van der Waals surface area contributed by atoms with Crippen LogP contribution in [0.4, 0.5) is 4.79 Å². The number of piperidine rings is 1. The number of hydrogen-bond donors (Lipinski definition) is 2. The highest BCUT2D eigenvalue weighted by Crippen LogP contribution is 2.30. The van der Waals surface area contributed by atoms with Crippen molar-refractivity contribution in [1.82, 2.24) is 20.8 Å². The Hall–Kier alpha value is -1.91. The number of esters is 1. The molecule has 3 aliphatic heterocycles. The normalized spacial score (nSPS) is 27.7. The van der Waals surface area contributed by atoms with E-state index in [9.17, 15) is 14.4 Å². The van der Waals surface area contributed by atoms with E-state index in [0.717, 1.165) is 19.4 Å². The van der Waals surface area contributed by atoms with Crippen molar-refractivity contribution in [2.24, 2.45) is 0 Å². The lowest BCUT2D eigenvalue weighted by atomic mass is 10.0. The van der Waals surface area contributed by atoms with Crippen molar-refractivity contribution < 1.29 is 28.8 Å². The zero-order valence-corrected chi connectivity index (χ0v) is 14.9. The molecule has 3 fully saturated rings. The van der Waals surface area contributed by atoms with E-state index in [1.165, 1.54) is 9.96 Å². The van der Waals surface area contributed by atoms with Crippen LogP contribution in [0.3, 0.4) is 0 Å². The van der Waals surface area contributed by atoms with E-state index in [4.69, 9.17) is 14.4 Å². The minimum Gasteiger partial charge on any atom is -0.464 e. The van der Waals surface area contributed by atoms with Gasteiger partial charge in [-0.2, -0.15) is 5.06 Å². The Morgan fingerprint density at radius 3 is 2.88 bits per heavy atom. The van der Waals surface area contributed by atoms with E-state index in [1.54, 1.807) is 6.92 Å². The first-order valence-corrected chi connectivity index (χ1v) is 9.13. The van der Waals surface area contributed by atoms with Gasteiger partial charge in [0.1, 0.15) is 6.04 Å². The molecular formula is C16H26N4O6. The van der Waals surface area contributed by atoms with E-state index in [-0.39, 0.29) is 31.2 Å². The van der Waals surface area contributed by atoms with Gasteiger partial charge in [-0.15, -0.1) is 0 Å². The largest absolute Gasteiger partial charge is 0.464 e. The number of rotatable bonds is 8. The molecule has 0 spiro atoms. The van der Waals surface area contributed by atoms with Crippen molar-refractivity contribution >= 4 is 17.9 Å². The Kier molecular flexibility index (Phi) is 6.28. The molecular weight excluding hydrogens is 344 g/mol. The molecule has 10 nitrogen and oxygen atoms in total. The van der Waals surface area contributed by atoms with E-state index in [1.807, 2.05) is 0 Å². The van der Waals surface area contributed by atoms with Crippen molar-refractivity contribution in [2.75, 3.05) is 32.9 Å². The first-order valence-electron chi connectivity index (χ1n) is 9.13. The van der Waals surface area contributed by atoms with Crippen molar-refractivity contribution in [1.29, 1.82) is 0 Å². The van der Waals surface area contributed by atoms with Crippen LogP contribution in [0, 0.1) is 0 Å². The van der Waals surface area contributed by atoms with Crippen LogP contribution in [0.15, 0.2) is 0 Å². The molecule has 3 atom stereocenters. The minimum atomic E-state index is -0.591. The Morgan fingerprint density at radius 2 is 2.15 bits per heavy atom. The predicted octanol–water partition coefficient (Wildman–Crippen LogP) is -0.450. The molecule has 10 heteroatoms. The maximum Gasteiger partial charge on any atom is 0.345 e. The van der Waals surface area contributed by atoms with E-state index in [0.29, 0.717) is 26.0 Å². The summed E-state index contributed by atoms with van der Waals surface area (Å²) in [5.74, 6) is -0.859. The summed E-state index contributed by atoms with van der Waals surface area (Å²) in [7, 11) is 0. The van der Waals surface area contributed by atoms with Crippen LogP contribution in [-0.4, -0.2) is 78.9 Å². The first kappa shape index (κ1) is 18.9. The summed E-state index contributed by atoms with van der Waals surface area (Å²) < 4.78 is 4.79. The molecule has 0 aromatic carbocycles. The van der Waals surface area contributed by atoms with Gasteiger partial charge in [-0.1, -0.05) is 0 Å². The topological polar surface area (TPSA) is 109 Å². The van der Waals surface area contributed by atoms with Gasteiger partial charge in [-0.3, -0.25) is 14.5 Å². The molecule has 0 saturated carbocycles. The zero-order valence-electron chi connectivity index (χ0n) is 14.9. The fourth-order valence-electron chi connectivity index (χ4n) is 3.58. The van der Waals surface area contributed by atoms with Crippen molar-refractivity contribution in [3.8, 4) is 0 Å². The van der Waals surface area contributed by atoms with Crippen molar-refractivity contribution in [3.05, 3.63) is 0 Å². The molecule has 3 heterocycles. The van der Waals surface area contributed by atoms with Crippen LogP contribution in [0.25, 0.3) is 0 Å². The zero-order chi connectivity index (χ0) is 18.5. The summed E-state index contributed by atoms with van der Waals surface area (Å²) in [6.45, 7) is 3.40. The Morgan fingerprint density at radius 1 is 1.31 bits per heavy atom. The molecule has 26 heavy (non-hydrogen) atoms. The predicted molar refractivity (Wildman–Crippen MR) is 88.5 cm³/mol. The monoisotopic (exact) mass is 370 g/mol. The number of fused-ring (bicyclic) bond motifs is 2. The molecule has 3 amide bonds. The van der Waals surface area contributed by atoms with Gasteiger partial charge in [0.25, 0.3) is 5.91 Å². The van der Waals surface area contributed by atoms with Crippen LogP contribution in [0.5, 0.6) is 0 Å². The lowest BCUT2D eigenvalue weighted by Crippen LogP contribution is -2.50. The number of nitrogens with one attached hydrogen (secondary N) is 2. The third-order valence-corrected chi connectivity index (χ3v) is 4.87. The minimum absolute atomic E-state index is 0.162. The van der Waals surface area contributed by atoms with Gasteiger partial charge in [0.15, 0.2) is 6.61 Å². The highest BCUT2D eigenvalue weighted by atomic mass is 16.7. The summed E-state index contributed by atoms with van der Waals surface area (Å²) in [5, 5.41) is 4.47. The molecule has 3 saturated heterocycles. The molecule has 0 aliphatic carbocycles. The van der Waals surface area contributed by atoms with Crippen molar-refractivity contribution in [3.63, 3.8) is 0 Å². The summed E-state index contributed by atoms with van der Waals surface area (Å²) in [5.41, 5.74) is 2.46. The number of hydrogen-bond acceptors (Lipinski definition) is 7. The first-order chi connectivity index (χ1) is 12.6. The summed E-state index contributed by atoms with van der Waals surface area (Å²) in [6.07, 6.45) is 3.27. The second-order valence-electron chi connectivity index (χ2n) is 6.66. The summed E-state index contributed by atoms with van der Waals surface area (Å²) >= 11 is 0. The lowest BCUT2D eigenvalue weighted by Gasteiger charge is -2.29. The quantitative estimate of drug-likeness (QED) is 0.440. The Balaban J connectivity index is 1.47. The third-order valence-electron chi connectivity index (χ3n) is 4.87. The molecule has 2 bridgehead atoms. The smallest absolute Gasteiger partial charge is 0.345 e. The van der Waals surface area contributed by atoms with Gasteiger partial charge in [-0.25, -0.2) is 15.1 Å². The molecule has 0 radical (unpaired) electrons. The Bertz CT molecular complexity index is 539. The van der Waals surface area contributed by atoms with Gasteiger partial charge in [0.05, 0.1) is 19.3 Å². The molecule has 0 unspecified atom stereocenters. The standard InChI is InChI=1S/C16H26N4O6/c1-2-24-14(21)10-26-20-12-5-6-13(19(8-12)16(20)23)15(22)18-25-9-11-4-3-7-17-11/h11-13,17H,2-10H2,1H3,(H,18,22)/t11-,12-,13+/m1/s1. The molecule has 3 aliphatic rings. The SMILES string of the molecule is CCOC(=O)CON1C(=O)N2C[C@H]1CC[C@H]2C(=O)NOC[C@H]1CCCN1. The highest BCUT2D eigenvalue weighted by molar-refractivity contribution is 5.88. The maximum absolute atomic E-state index is 12.5. The van der Waals surface area contributed by atoms with Crippen molar-refractivity contribution in [2.45, 2.75) is 50.7 Å². The summed E-state index contributed by atoms with van der Waals surface area (Å²) in [6, 6.07) is -0.906. The molecule has 2 N–H and O–H groups in total. The van der Waals surface area contributed by atoms with Gasteiger partial charge in [0.2, 0.25) is 0 Å². The summed E-state index contributed by atoms with van der Waals surface area (Å²) in [4.78, 5) is 48.4. The molecule has 146 valence electrons. The van der Waals surface area contributed by atoms with Gasteiger partial charge >= 0.3 is 12.0 Å². The average Bonchev–Trinajstić information content (AvgIpc) is 3.22. The number of carbonyl (C=O) groups is 3. The number of carbonyl (C=O) groups excluding carboxylic acids is 3. The van der Waals surface area contributed by atoms with Crippen LogP contribution in [0.2, 0.25) is 0 Å². The van der Waals surface area contributed by atoms with Gasteiger partial charge in [0, 0.05) is 12.6 Å². The number of urea groups is 1. The fourth-order valence-corrected chi connectivity index (χ4v) is 3.58. The van der Waals surface area contributed by atoms with Crippen LogP contribution < -0.4 is 10.8 Å². The molecule has 0 aromatic rings. The molecule has 0 aromatic heterocycles. The number of ether oxygens (including phenoxy) is 1. The maximum atomic E-state index is 12.5. The second-order valence-corrected chi connectivity index (χ2v) is 6.66. The van der Waals surface area contributed by atoms with Crippen LogP contribution >= 0.6 is 0 Å². The van der Waals surface area contributed by atoms with E-state index < -0.39 is 18.0 Å².